The van der Waals surface area contributed by atoms with Gasteiger partial charge in [0.05, 0.1) is 5.69 Å². The van der Waals surface area contributed by atoms with Gasteiger partial charge in [-0.3, -0.25) is 0 Å². The minimum absolute atomic E-state index is 0.269. The number of hydrogen-bond acceptors (Lipinski definition) is 4. The van der Waals surface area contributed by atoms with Crippen LogP contribution in [0.5, 0.6) is 0 Å². The van der Waals surface area contributed by atoms with Crippen molar-refractivity contribution in [3.8, 4) is 0 Å². The van der Waals surface area contributed by atoms with Crippen LogP contribution in [0.1, 0.15) is 0 Å². The van der Waals surface area contributed by atoms with E-state index < -0.39 is 0 Å². The number of anilines is 4. The predicted octanol–water partition coefficient (Wildman–Crippen LogP) is 2.15. The van der Waals surface area contributed by atoms with E-state index in [1.807, 2.05) is 0 Å². The zero-order chi connectivity index (χ0) is 12.4. The molecule has 1 heterocycles. The summed E-state index contributed by atoms with van der Waals surface area (Å²) in [7, 11) is 1.78. The van der Waals surface area contributed by atoms with E-state index in [0.717, 1.165) is 0 Å². The first-order valence-electron chi connectivity index (χ1n) is 5.09. The van der Waals surface area contributed by atoms with Crippen LogP contribution in [0.25, 0.3) is 0 Å². The van der Waals surface area contributed by atoms with Crippen molar-refractivity contribution in [1.82, 2.24) is 4.98 Å². The van der Waals surface area contributed by atoms with Gasteiger partial charge in [-0.1, -0.05) is 6.07 Å². The number of nitrogens with zero attached hydrogens (tertiary/aromatic N) is 2. The molecule has 0 aliphatic heterocycles. The van der Waals surface area contributed by atoms with Gasteiger partial charge in [0.25, 0.3) is 0 Å². The molecule has 0 unspecified atom stereocenters. The van der Waals surface area contributed by atoms with E-state index in [4.69, 9.17) is 11.5 Å². The summed E-state index contributed by atoms with van der Waals surface area (Å²) in [6, 6.07) is 9.65. The molecule has 4 N–H and O–H groups in total. The fourth-order valence-electron chi connectivity index (χ4n) is 1.48. The fraction of sp³-hybridized carbons (Fsp3) is 0.0833. The third-order valence-corrected chi connectivity index (χ3v) is 2.48. The molecule has 0 spiro atoms. The third-order valence-electron chi connectivity index (χ3n) is 2.48. The van der Waals surface area contributed by atoms with Gasteiger partial charge in [0.2, 0.25) is 0 Å². The second kappa shape index (κ2) is 4.29. The Hall–Kier alpha value is -2.30. The summed E-state index contributed by atoms with van der Waals surface area (Å²) >= 11 is 0. The Kier molecular flexibility index (Phi) is 2.82. The van der Waals surface area contributed by atoms with Crippen molar-refractivity contribution in [3.63, 3.8) is 0 Å². The smallest absolute Gasteiger partial charge is 0.149 e. The van der Waals surface area contributed by atoms with E-state index in [9.17, 15) is 4.39 Å². The first-order valence-corrected chi connectivity index (χ1v) is 5.09. The number of rotatable bonds is 2. The van der Waals surface area contributed by atoms with Crippen LogP contribution in [0.2, 0.25) is 0 Å². The zero-order valence-electron chi connectivity index (χ0n) is 9.39. The molecule has 0 saturated carbocycles. The Labute approximate surface area is 98.7 Å². The lowest BCUT2D eigenvalue weighted by molar-refractivity contribution is 0.628. The standard InChI is InChI=1S/C12H13FN4/c1-17(9-4-2-3-8(13)7-9)11-6-5-10(14)12(15)16-11/h2-7H,14H2,1H3,(H2,15,16). The molecule has 5 heteroatoms. The van der Waals surface area contributed by atoms with Crippen LogP contribution in [-0.4, -0.2) is 12.0 Å². The number of pyridine rings is 1. The van der Waals surface area contributed by atoms with E-state index in [1.165, 1.54) is 12.1 Å². The van der Waals surface area contributed by atoms with Gasteiger partial charge < -0.3 is 16.4 Å². The quantitative estimate of drug-likeness (QED) is 0.832. The highest BCUT2D eigenvalue weighted by molar-refractivity contribution is 5.66. The van der Waals surface area contributed by atoms with Crippen LogP contribution in [0, 0.1) is 5.82 Å². The molecular weight excluding hydrogens is 219 g/mol. The molecule has 1 aromatic carbocycles. The average molecular weight is 232 g/mol. The topological polar surface area (TPSA) is 68.2 Å². The van der Waals surface area contributed by atoms with Crippen molar-refractivity contribution in [1.29, 1.82) is 0 Å². The van der Waals surface area contributed by atoms with Gasteiger partial charge in [0.1, 0.15) is 17.5 Å². The van der Waals surface area contributed by atoms with Crippen molar-refractivity contribution in [2.24, 2.45) is 0 Å². The Morgan fingerprint density at radius 1 is 1.18 bits per heavy atom. The van der Waals surface area contributed by atoms with Crippen LogP contribution in [0.15, 0.2) is 36.4 Å². The predicted molar refractivity (Wildman–Crippen MR) is 67.5 cm³/mol. The molecule has 2 rings (SSSR count). The number of nitrogens with two attached hydrogens (primary N) is 2. The van der Waals surface area contributed by atoms with Gasteiger partial charge >= 0.3 is 0 Å². The molecule has 0 saturated heterocycles. The molecule has 0 amide bonds. The molecular formula is C12H13FN4. The Balaban J connectivity index is 2.36. The number of benzene rings is 1. The molecule has 0 fully saturated rings. The highest BCUT2D eigenvalue weighted by Crippen LogP contribution is 2.24. The largest absolute Gasteiger partial charge is 0.396 e. The second-order valence-corrected chi connectivity index (χ2v) is 3.68. The summed E-state index contributed by atoms with van der Waals surface area (Å²) in [5.74, 6) is 0.589. The number of nitrogen functional groups attached to an aromatic ring is 2. The number of halogens is 1. The Morgan fingerprint density at radius 3 is 2.59 bits per heavy atom. The van der Waals surface area contributed by atoms with Crippen molar-refractivity contribution >= 4 is 23.0 Å². The van der Waals surface area contributed by atoms with Gasteiger partial charge in [-0.25, -0.2) is 9.37 Å². The van der Waals surface area contributed by atoms with Crippen LogP contribution < -0.4 is 16.4 Å². The van der Waals surface area contributed by atoms with E-state index >= 15 is 0 Å². The summed E-state index contributed by atoms with van der Waals surface area (Å²) in [6.45, 7) is 0. The SMILES string of the molecule is CN(c1cccc(F)c1)c1ccc(N)c(N)n1. The molecule has 88 valence electrons. The van der Waals surface area contributed by atoms with Crippen molar-refractivity contribution in [2.45, 2.75) is 0 Å². The average Bonchev–Trinajstić information content (AvgIpc) is 2.32. The summed E-state index contributed by atoms with van der Waals surface area (Å²) < 4.78 is 13.1. The van der Waals surface area contributed by atoms with Gasteiger partial charge in [0, 0.05) is 12.7 Å². The summed E-state index contributed by atoms with van der Waals surface area (Å²) in [4.78, 5) is 5.87. The van der Waals surface area contributed by atoms with E-state index in [-0.39, 0.29) is 11.6 Å². The van der Waals surface area contributed by atoms with Gasteiger partial charge in [-0.2, -0.15) is 0 Å². The van der Waals surface area contributed by atoms with Crippen LogP contribution >= 0.6 is 0 Å². The molecule has 0 atom stereocenters. The number of aromatic nitrogens is 1. The molecule has 0 aliphatic carbocycles. The first-order chi connectivity index (χ1) is 8.08. The molecule has 0 bridgehead atoms. The monoisotopic (exact) mass is 232 g/mol. The maximum Gasteiger partial charge on any atom is 0.149 e. The lowest BCUT2D eigenvalue weighted by Crippen LogP contribution is -2.12. The van der Waals surface area contributed by atoms with E-state index in [1.54, 1.807) is 36.2 Å². The molecule has 0 radical (unpaired) electrons. The fourth-order valence-corrected chi connectivity index (χ4v) is 1.48. The molecule has 2 aromatic rings. The van der Waals surface area contributed by atoms with E-state index in [2.05, 4.69) is 4.98 Å². The summed E-state index contributed by atoms with van der Waals surface area (Å²) in [6.07, 6.45) is 0. The maximum absolute atomic E-state index is 13.1. The van der Waals surface area contributed by atoms with Gasteiger partial charge in [-0.15, -0.1) is 0 Å². The van der Waals surface area contributed by atoms with Crippen molar-refractivity contribution < 1.29 is 4.39 Å². The Bertz CT molecular complexity index is 542. The third kappa shape index (κ3) is 2.28. The first kappa shape index (κ1) is 11.2. The lowest BCUT2D eigenvalue weighted by Gasteiger charge is -2.18. The summed E-state index contributed by atoms with van der Waals surface area (Å²) in [5.41, 5.74) is 12.3. The van der Waals surface area contributed by atoms with Gasteiger partial charge in [-0.05, 0) is 30.3 Å². The zero-order valence-corrected chi connectivity index (χ0v) is 9.39. The lowest BCUT2D eigenvalue weighted by atomic mass is 10.3. The minimum Gasteiger partial charge on any atom is -0.396 e. The van der Waals surface area contributed by atoms with Gasteiger partial charge in [0.15, 0.2) is 0 Å². The highest BCUT2D eigenvalue weighted by atomic mass is 19.1. The Morgan fingerprint density at radius 2 is 1.94 bits per heavy atom. The summed E-state index contributed by atoms with van der Waals surface area (Å²) in [5, 5.41) is 0. The van der Waals surface area contributed by atoms with Crippen LogP contribution in [0.4, 0.5) is 27.4 Å². The molecule has 17 heavy (non-hydrogen) atoms. The highest BCUT2D eigenvalue weighted by Gasteiger charge is 2.07. The number of hydrogen-bond donors (Lipinski definition) is 2. The normalized spacial score (nSPS) is 10.2. The van der Waals surface area contributed by atoms with Crippen LogP contribution in [0.3, 0.4) is 0 Å². The van der Waals surface area contributed by atoms with Crippen molar-refractivity contribution in [3.05, 3.63) is 42.2 Å². The molecule has 1 aromatic heterocycles. The van der Waals surface area contributed by atoms with E-state index in [0.29, 0.717) is 17.2 Å². The molecule has 0 aliphatic rings. The second-order valence-electron chi connectivity index (χ2n) is 3.68. The maximum atomic E-state index is 13.1. The minimum atomic E-state index is -0.294. The van der Waals surface area contributed by atoms with Crippen molar-refractivity contribution in [2.75, 3.05) is 23.4 Å². The van der Waals surface area contributed by atoms with Crippen LogP contribution in [-0.2, 0) is 0 Å². The molecule has 4 nitrogen and oxygen atoms in total.